The molecule has 0 radical (unpaired) electrons. The second kappa shape index (κ2) is 5.97. The number of carboxylic acid groups (broad SMARTS) is 1. The second-order valence-electron chi connectivity index (χ2n) is 5.43. The monoisotopic (exact) mass is 300 g/mol. The summed E-state index contributed by atoms with van der Waals surface area (Å²) in [5, 5.41) is 19.3. The maximum Gasteiger partial charge on any atom is 0.306 e. The lowest BCUT2D eigenvalue weighted by Crippen LogP contribution is -2.33. The first-order valence-electron chi connectivity index (χ1n) is 7.12. The van der Waals surface area contributed by atoms with Gasteiger partial charge in [-0.05, 0) is 43.5 Å². The van der Waals surface area contributed by atoms with Crippen LogP contribution in [-0.4, -0.2) is 37.8 Å². The van der Waals surface area contributed by atoms with Crippen molar-refractivity contribution in [2.45, 2.75) is 25.3 Å². The molecule has 1 saturated carbocycles. The van der Waals surface area contributed by atoms with Crippen LogP contribution < -0.4 is 5.32 Å². The van der Waals surface area contributed by atoms with E-state index in [1.165, 1.54) is 0 Å². The molecule has 0 unspecified atom stereocenters. The summed E-state index contributed by atoms with van der Waals surface area (Å²) in [6.45, 7) is 0. The summed E-state index contributed by atoms with van der Waals surface area (Å²) in [6, 6.07) is 7.02. The second-order valence-corrected chi connectivity index (χ2v) is 5.43. The first-order valence-corrected chi connectivity index (χ1v) is 7.12. The number of rotatable bonds is 4. The quantitative estimate of drug-likeness (QED) is 0.885. The Balaban J connectivity index is 1.62. The molecule has 0 bridgehead atoms. The highest BCUT2D eigenvalue weighted by Gasteiger charge is 2.30. The first kappa shape index (κ1) is 14.2. The number of carbonyl (C=O) groups excluding carboxylic acids is 1. The van der Waals surface area contributed by atoms with Crippen LogP contribution in [0.15, 0.2) is 36.9 Å². The van der Waals surface area contributed by atoms with E-state index >= 15 is 0 Å². The van der Waals surface area contributed by atoms with E-state index in [1.54, 1.807) is 29.4 Å². The third-order valence-electron chi connectivity index (χ3n) is 3.96. The van der Waals surface area contributed by atoms with E-state index < -0.39 is 5.97 Å². The van der Waals surface area contributed by atoms with Gasteiger partial charge in [0.05, 0.1) is 5.92 Å². The number of carboxylic acids is 1. The highest BCUT2D eigenvalue weighted by atomic mass is 16.4. The fourth-order valence-electron chi connectivity index (χ4n) is 2.72. The molecular formula is C15H16N4O3. The molecule has 0 saturated heterocycles. The van der Waals surface area contributed by atoms with Crippen molar-refractivity contribution in [3.8, 4) is 5.69 Å². The van der Waals surface area contributed by atoms with E-state index in [-0.39, 0.29) is 17.9 Å². The van der Waals surface area contributed by atoms with Gasteiger partial charge in [0.15, 0.2) is 0 Å². The van der Waals surface area contributed by atoms with Crippen LogP contribution in [0.2, 0.25) is 0 Å². The average molecular weight is 300 g/mol. The zero-order valence-electron chi connectivity index (χ0n) is 11.8. The third-order valence-corrected chi connectivity index (χ3v) is 3.96. The Bertz CT molecular complexity index is 667. The van der Waals surface area contributed by atoms with E-state index in [9.17, 15) is 9.59 Å². The Labute approximate surface area is 127 Å². The third kappa shape index (κ3) is 2.98. The van der Waals surface area contributed by atoms with Crippen LogP contribution in [0.5, 0.6) is 0 Å². The minimum Gasteiger partial charge on any atom is -0.481 e. The number of nitrogens with one attached hydrogen (secondary N) is 1. The minimum atomic E-state index is -0.782. The highest BCUT2D eigenvalue weighted by Crippen LogP contribution is 2.25. The molecule has 3 rings (SSSR count). The zero-order valence-corrected chi connectivity index (χ0v) is 11.8. The summed E-state index contributed by atoms with van der Waals surface area (Å²) in [4.78, 5) is 23.1. The van der Waals surface area contributed by atoms with Crippen molar-refractivity contribution in [2.75, 3.05) is 0 Å². The number of carbonyl (C=O) groups is 2. The predicted octanol–water partition coefficient (Wildman–Crippen LogP) is 1.25. The van der Waals surface area contributed by atoms with Gasteiger partial charge in [0.25, 0.3) is 5.91 Å². The summed E-state index contributed by atoms with van der Waals surface area (Å²) in [7, 11) is 0. The summed E-state index contributed by atoms with van der Waals surface area (Å²) >= 11 is 0. The van der Waals surface area contributed by atoms with Gasteiger partial charge in [0.1, 0.15) is 12.7 Å². The molecule has 2 N–H and O–H groups in total. The molecule has 1 aromatic heterocycles. The van der Waals surface area contributed by atoms with Gasteiger partial charge in [0.2, 0.25) is 0 Å². The van der Waals surface area contributed by atoms with Gasteiger partial charge in [-0.3, -0.25) is 14.2 Å². The topological polar surface area (TPSA) is 97.1 Å². The van der Waals surface area contributed by atoms with E-state index in [2.05, 4.69) is 15.5 Å². The number of aromatic nitrogens is 3. The molecule has 1 aromatic carbocycles. The Kier molecular flexibility index (Phi) is 3.86. The van der Waals surface area contributed by atoms with Crippen LogP contribution >= 0.6 is 0 Å². The minimum absolute atomic E-state index is 0.0638. The Hall–Kier alpha value is -2.70. The SMILES string of the molecule is O=C(N[C@@H]1CC[C@H](C(=O)O)C1)c1ccc(-n2cnnc2)cc1. The Morgan fingerprint density at radius 2 is 1.82 bits per heavy atom. The number of benzene rings is 1. The number of hydrogen-bond acceptors (Lipinski definition) is 4. The number of nitrogens with zero attached hydrogens (tertiary/aromatic N) is 3. The lowest BCUT2D eigenvalue weighted by molar-refractivity contribution is -0.141. The molecule has 1 aliphatic rings. The van der Waals surface area contributed by atoms with Crippen LogP contribution in [0.4, 0.5) is 0 Å². The molecule has 1 heterocycles. The summed E-state index contributed by atoms with van der Waals surface area (Å²) in [5.41, 5.74) is 1.42. The summed E-state index contributed by atoms with van der Waals surface area (Å²) < 4.78 is 1.75. The van der Waals surface area contributed by atoms with Crippen LogP contribution in [0.1, 0.15) is 29.6 Å². The number of hydrogen-bond donors (Lipinski definition) is 2. The molecule has 1 aliphatic carbocycles. The van der Waals surface area contributed by atoms with Gasteiger partial charge >= 0.3 is 5.97 Å². The molecule has 7 nitrogen and oxygen atoms in total. The van der Waals surface area contributed by atoms with Crippen molar-refractivity contribution in [3.63, 3.8) is 0 Å². The van der Waals surface area contributed by atoms with Crippen molar-refractivity contribution in [3.05, 3.63) is 42.5 Å². The number of amides is 1. The van der Waals surface area contributed by atoms with E-state index in [4.69, 9.17) is 5.11 Å². The lowest BCUT2D eigenvalue weighted by atomic mass is 10.1. The van der Waals surface area contributed by atoms with Crippen LogP contribution in [0.25, 0.3) is 5.69 Å². The average Bonchev–Trinajstić information content (AvgIpc) is 3.19. The molecule has 0 aliphatic heterocycles. The maximum atomic E-state index is 12.2. The van der Waals surface area contributed by atoms with Gasteiger partial charge in [-0.1, -0.05) is 0 Å². The fourth-order valence-corrected chi connectivity index (χ4v) is 2.72. The van der Waals surface area contributed by atoms with Crippen molar-refractivity contribution >= 4 is 11.9 Å². The van der Waals surface area contributed by atoms with Crippen LogP contribution in [-0.2, 0) is 4.79 Å². The molecule has 2 atom stereocenters. The van der Waals surface area contributed by atoms with Crippen molar-refractivity contribution in [1.29, 1.82) is 0 Å². The summed E-state index contributed by atoms with van der Waals surface area (Å²) in [6.07, 6.45) is 4.99. The summed E-state index contributed by atoms with van der Waals surface area (Å²) in [5.74, 6) is -1.30. The largest absolute Gasteiger partial charge is 0.481 e. The zero-order chi connectivity index (χ0) is 15.5. The van der Waals surface area contributed by atoms with Gasteiger partial charge in [-0.2, -0.15) is 0 Å². The van der Waals surface area contributed by atoms with Crippen molar-refractivity contribution in [1.82, 2.24) is 20.1 Å². The predicted molar refractivity (Wildman–Crippen MR) is 77.6 cm³/mol. The highest BCUT2D eigenvalue weighted by molar-refractivity contribution is 5.94. The van der Waals surface area contributed by atoms with Crippen molar-refractivity contribution in [2.24, 2.45) is 5.92 Å². The van der Waals surface area contributed by atoms with E-state index in [0.29, 0.717) is 24.8 Å². The van der Waals surface area contributed by atoms with E-state index in [0.717, 1.165) is 5.69 Å². The van der Waals surface area contributed by atoms with Gasteiger partial charge < -0.3 is 10.4 Å². The van der Waals surface area contributed by atoms with Gasteiger partial charge in [0, 0.05) is 17.3 Å². The molecule has 22 heavy (non-hydrogen) atoms. The first-order chi connectivity index (χ1) is 10.6. The maximum absolute atomic E-state index is 12.2. The standard InChI is InChI=1S/C15H16N4O3/c20-14(18-12-4-1-11(7-12)15(21)22)10-2-5-13(6-3-10)19-8-16-17-9-19/h2-3,5-6,8-9,11-12H,1,4,7H2,(H,18,20)(H,21,22)/t11-,12+/m0/s1. The Morgan fingerprint density at radius 3 is 2.41 bits per heavy atom. The molecule has 1 fully saturated rings. The smallest absolute Gasteiger partial charge is 0.306 e. The van der Waals surface area contributed by atoms with Crippen LogP contribution in [0, 0.1) is 5.92 Å². The molecule has 0 spiro atoms. The van der Waals surface area contributed by atoms with Gasteiger partial charge in [-0.15, -0.1) is 10.2 Å². The van der Waals surface area contributed by atoms with E-state index in [1.807, 2.05) is 12.1 Å². The van der Waals surface area contributed by atoms with Crippen LogP contribution in [0.3, 0.4) is 0 Å². The lowest BCUT2D eigenvalue weighted by Gasteiger charge is -2.12. The molecule has 1 amide bonds. The Morgan fingerprint density at radius 1 is 1.14 bits per heavy atom. The molecule has 2 aromatic rings. The fraction of sp³-hybridized carbons (Fsp3) is 0.333. The molecule has 114 valence electrons. The molecule has 7 heteroatoms. The van der Waals surface area contributed by atoms with Gasteiger partial charge in [-0.25, -0.2) is 0 Å². The van der Waals surface area contributed by atoms with Crippen molar-refractivity contribution < 1.29 is 14.7 Å². The number of aliphatic carboxylic acids is 1. The molecular weight excluding hydrogens is 284 g/mol. The normalized spacial score (nSPS) is 20.7.